The molecule has 0 bridgehead atoms. The second kappa shape index (κ2) is 8.83. The van der Waals surface area contributed by atoms with Gasteiger partial charge >= 0.3 is 6.36 Å². The van der Waals surface area contributed by atoms with Gasteiger partial charge in [-0.05, 0) is 60.9 Å². The molecule has 1 N–H and O–H groups in total. The summed E-state index contributed by atoms with van der Waals surface area (Å²) >= 11 is 0. The number of aryl methyl sites for hydroxylation is 2. The zero-order valence-electron chi connectivity index (χ0n) is 19.0. The van der Waals surface area contributed by atoms with Crippen molar-refractivity contribution in [1.29, 1.82) is 0 Å². The lowest BCUT2D eigenvalue weighted by atomic mass is 10.1. The second-order valence-electron chi connectivity index (χ2n) is 8.24. The number of aromatic nitrogens is 4. The third-order valence-electron chi connectivity index (χ3n) is 5.69. The quantitative estimate of drug-likeness (QED) is 0.311. The topological polar surface area (TPSA) is 56.4 Å². The van der Waals surface area contributed by atoms with E-state index in [-0.39, 0.29) is 5.75 Å². The Morgan fingerprint density at radius 3 is 2.60 bits per heavy atom. The van der Waals surface area contributed by atoms with Gasteiger partial charge in [-0.2, -0.15) is 5.10 Å². The number of ether oxygens (including phenoxy) is 1. The summed E-state index contributed by atoms with van der Waals surface area (Å²) < 4.78 is 45.6. The van der Waals surface area contributed by atoms with Crippen molar-refractivity contribution in [2.45, 2.75) is 26.8 Å². The van der Waals surface area contributed by atoms with Crippen LogP contribution in [0.25, 0.3) is 22.6 Å². The van der Waals surface area contributed by atoms with Crippen LogP contribution in [-0.2, 0) is 6.54 Å². The molecule has 178 valence electrons. The molecule has 0 fully saturated rings. The molecule has 0 unspecified atom stereocenters. The number of halogens is 3. The van der Waals surface area contributed by atoms with Gasteiger partial charge in [0.25, 0.3) is 0 Å². The van der Waals surface area contributed by atoms with Gasteiger partial charge in [0.15, 0.2) is 0 Å². The van der Waals surface area contributed by atoms with Gasteiger partial charge in [0.1, 0.15) is 11.4 Å². The van der Waals surface area contributed by atoms with Crippen molar-refractivity contribution < 1.29 is 17.9 Å². The molecule has 3 heterocycles. The number of hydrogen-bond acceptors (Lipinski definition) is 4. The van der Waals surface area contributed by atoms with Crippen LogP contribution < -0.4 is 10.1 Å². The van der Waals surface area contributed by atoms with Crippen LogP contribution in [0.4, 0.5) is 18.9 Å². The van der Waals surface area contributed by atoms with E-state index in [0.29, 0.717) is 12.1 Å². The van der Waals surface area contributed by atoms with E-state index in [0.717, 1.165) is 39.4 Å². The molecule has 0 atom stereocenters. The highest BCUT2D eigenvalue weighted by Gasteiger charge is 2.31. The molecule has 35 heavy (non-hydrogen) atoms. The molecule has 5 rings (SSSR count). The molecular weight excluding hydrogens is 455 g/mol. The lowest BCUT2D eigenvalue weighted by Gasteiger charge is -2.16. The van der Waals surface area contributed by atoms with Gasteiger partial charge in [-0.25, -0.2) is 4.52 Å². The molecule has 3 aromatic heterocycles. The minimum atomic E-state index is -4.72. The van der Waals surface area contributed by atoms with Crippen LogP contribution in [0, 0.1) is 13.8 Å². The molecule has 0 radical (unpaired) electrons. The minimum absolute atomic E-state index is 0.238. The van der Waals surface area contributed by atoms with Crippen LogP contribution in [0.5, 0.6) is 5.75 Å². The first-order valence-electron chi connectivity index (χ1n) is 10.9. The van der Waals surface area contributed by atoms with E-state index in [1.54, 1.807) is 24.5 Å². The first kappa shape index (κ1) is 22.5. The number of pyridine rings is 1. The Labute approximate surface area is 199 Å². The fourth-order valence-electron chi connectivity index (χ4n) is 4.08. The lowest BCUT2D eigenvalue weighted by molar-refractivity contribution is -0.274. The predicted molar refractivity (Wildman–Crippen MR) is 128 cm³/mol. The molecule has 5 aromatic rings. The number of alkyl halides is 3. The Bertz CT molecular complexity index is 1490. The fourth-order valence-corrected chi connectivity index (χ4v) is 4.08. The predicted octanol–water partition coefficient (Wildman–Crippen LogP) is 6.31. The number of rotatable bonds is 6. The van der Waals surface area contributed by atoms with Crippen molar-refractivity contribution in [2.24, 2.45) is 0 Å². The van der Waals surface area contributed by atoms with E-state index in [2.05, 4.69) is 30.8 Å². The van der Waals surface area contributed by atoms with Crippen LogP contribution in [0.2, 0.25) is 0 Å². The van der Waals surface area contributed by atoms with E-state index < -0.39 is 6.36 Å². The van der Waals surface area contributed by atoms with Gasteiger partial charge in [-0.1, -0.05) is 18.2 Å². The molecule has 0 aliphatic rings. The van der Waals surface area contributed by atoms with Crippen LogP contribution in [-0.4, -0.2) is 25.5 Å². The highest BCUT2D eigenvalue weighted by molar-refractivity contribution is 5.67. The lowest BCUT2D eigenvalue weighted by Crippen LogP contribution is -2.17. The Morgan fingerprint density at radius 1 is 0.971 bits per heavy atom. The van der Waals surface area contributed by atoms with E-state index in [1.807, 2.05) is 55.0 Å². The molecule has 9 heteroatoms. The summed E-state index contributed by atoms with van der Waals surface area (Å²) in [6, 6.07) is 15.9. The third kappa shape index (κ3) is 4.84. The second-order valence-corrected chi connectivity index (χ2v) is 8.24. The standard InChI is InChI=1S/C26H22F3N5O/c1-17-11-18(2)24(13-22(17)31-15-19-5-3-7-21(12-19)35-26(27,28)29)33-9-10-34-25(33)14-23(32-34)20-6-4-8-30-16-20/h3-14,16,31H,15H2,1-2H3. The van der Waals surface area contributed by atoms with Gasteiger partial charge in [-0.15, -0.1) is 13.2 Å². The minimum Gasteiger partial charge on any atom is -0.406 e. The average molecular weight is 477 g/mol. The van der Waals surface area contributed by atoms with E-state index in [1.165, 1.54) is 12.1 Å². The van der Waals surface area contributed by atoms with Crippen LogP contribution in [0.3, 0.4) is 0 Å². The highest BCUT2D eigenvalue weighted by Crippen LogP contribution is 2.28. The number of benzene rings is 2. The molecule has 0 saturated heterocycles. The van der Waals surface area contributed by atoms with Gasteiger partial charge < -0.3 is 10.1 Å². The normalized spacial score (nSPS) is 11.7. The van der Waals surface area contributed by atoms with Crippen molar-refractivity contribution in [2.75, 3.05) is 5.32 Å². The summed E-state index contributed by atoms with van der Waals surface area (Å²) in [5.41, 5.74) is 7.30. The number of nitrogens with one attached hydrogen (secondary N) is 1. The molecule has 0 aliphatic carbocycles. The maximum atomic E-state index is 12.6. The van der Waals surface area contributed by atoms with E-state index >= 15 is 0 Å². The molecule has 0 aliphatic heterocycles. The maximum absolute atomic E-state index is 12.6. The Balaban J connectivity index is 1.43. The number of fused-ring (bicyclic) bond motifs is 1. The first-order chi connectivity index (χ1) is 16.8. The number of nitrogens with zero attached hydrogens (tertiary/aromatic N) is 4. The fraction of sp³-hybridized carbons (Fsp3) is 0.154. The smallest absolute Gasteiger partial charge is 0.406 e. The highest BCUT2D eigenvalue weighted by atomic mass is 19.4. The first-order valence-corrected chi connectivity index (χ1v) is 10.9. The number of hydrogen-bond donors (Lipinski definition) is 1. The van der Waals surface area contributed by atoms with E-state index in [9.17, 15) is 13.2 Å². The Morgan fingerprint density at radius 2 is 1.83 bits per heavy atom. The van der Waals surface area contributed by atoms with Crippen molar-refractivity contribution in [3.63, 3.8) is 0 Å². The van der Waals surface area contributed by atoms with Crippen LogP contribution in [0.15, 0.2) is 79.4 Å². The number of anilines is 1. The molecule has 0 saturated carbocycles. The van der Waals surface area contributed by atoms with Crippen molar-refractivity contribution in [3.05, 3.63) is 96.1 Å². The van der Waals surface area contributed by atoms with Crippen molar-refractivity contribution in [3.8, 4) is 22.7 Å². The van der Waals surface area contributed by atoms with Gasteiger partial charge in [0.2, 0.25) is 0 Å². The maximum Gasteiger partial charge on any atom is 0.573 e. The van der Waals surface area contributed by atoms with Gasteiger partial charge in [0, 0.05) is 48.6 Å². The summed E-state index contributed by atoms with van der Waals surface area (Å²) in [6.07, 6.45) is 2.63. The summed E-state index contributed by atoms with van der Waals surface area (Å²) in [5.74, 6) is -0.238. The Kier molecular flexibility index (Phi) is 5.68. The van der Waals surface area contributed by atoms with E-state index in [4.69, 9.17) is 0 Å². The van der Waals surface area contributed by atoms with Gasteiger partial charge in [-0.3, -0.25) is 9.55 Å². The largest absolute Gasteiger partial charge is 0.573 e. The number of imidazole rings is 1. The SMILES string of the molecule is Cc1cc(C)c(-n2ccn3nc(-c4cccnc4)cc23)cc1NCc1cccc(OC(F)(F)F)c1. The average Bonchev–Trinajstić information content (AvgIpc) is 3.40. The van der Waals surface area contributed by atoms with Crippen molar-refractivity contribution in [1.82, 2.24) is 19.2 Å². The van der Waals surface area contributed by atoms with Crippen molar-refractivity contribution >= 4 is 11.3 Å². The summed E-state index contributed by atoms with van der Waals surface area (Å²) in [4.78, 5) is 4.17. The van der Waals surface area contributed by atoms with Gasteiger partial charge in [0.05, 0.1) is 11.4 Å². The van der Waals surface area contributed by atoms with Crippen LogP contribution in [0.1, 0.15) is 16.7 Å². The third-order valence-corrected chi connectivity index (χ3v) is 5.69. The van der Waals surface area contributed by atoms with Crippen LogP contribution >= 0.6 is 0 Å². The molecule has 0 spiro atoms. The molecule has 2 aromatic carbocycles. The Hall–Kier alpha value is -4.27. The summed E-state index contributed by atoms with van der Waals surface area (Å²) in [6.45, 7) is 4.38. The zero-order chi connectivity index (χ0) is 24.6. The summed E-state index contributed by atoms with van der Waals surface area (Å²) in [7, 11) is 0. The zero-order valence-corrected chi connectivity index (χ0v) is 19.0. The summed E-state index contributed by atoms with van der Waals surface area (Å²) in [5, 5.41) is 8.00. The molecule has 0 amide bonds. The molecule has 6 nitrogen and oxygen atoms in total. The molecular formula is C26H22F3N5O. The monoisotopic (exact) mass is 477 g/mol.